The molecule has 1 aromatic heterocycles. The molecule has 0 saturated carbocycles. The van der Waals surface area contributed by atoms with Gasteiger partial charge in [-0.2, -0.15) is 0 Å². The maximum absolute atomic E-state index is 12.9. The summed E-state index contributed by atoms with van der Waals surface area (Å²) in [5.41, 5.74) is 2.81. The SMILES string of the molecule is CC(=O)Nc1ccccc1-c1nc2cc3ccccc3cc2n(C)c1=O. The number of hydrogen-bond donors (Lipinski definition) is 1. The molecule has 5 nitrogen and oxygen atoms in total. The molecular weight excluding hydrogens is 326 g/mol. The average Bonchev–Trinajstić information content (AvgIpc) is 2.64. The summed E-state index contributed by atoms with van der Waals surface area (Å²) in [7, 11) is 1.74. The molecule has 26 heavy (non-hydrogen) atoms. The average molecular weight is 343 g/mol. The Hall–Kier alpha value is -3.47. The minimum Gasteiger partial charge on any atom is -0.326 e. The smallest absolute Gasteiger partial charge is 0.277 e. The fourth-order valence-electron chi connectivity index (χ4n) is 3.17. The molecule has 3 aromatic carbocycles. The van der Waals surface area contributed by atoms with E-state index in [1.165, 1.54) is 6.92 Å². The largest absolute Gasteiger partial charge is 0.326 e. The molecule has 1 heterocycles. The van der Waals surface area contributed by atoms with E-state index in [4.69, 9.17) is 0 Å². The number of amides is 1. The van der Waals surface area contributed by atoms with Crippen molar-refractivity contribution in [3.63, 3.8) is 0 Å². The van der Waals surface area contributed by atoms with E-state index in [1.807, 2.05) is 48.5 Å². The van der Waals surface area contributed by atoms with Crippen LogP contribution in [0.2, 0.25) is 0 Å². The first-order chi connectivity index (χ1) is 12.5. The topological polar surface area (TPSA) is 64.0 Å². The predicted octanol–water partition coefficient (Wildman–Crippen LogP) is 3.71. The van der Waals surface area contributed by atoms with Crippen LogP contribution >= 0.6 is 0 Å². The summed E-state index contributed by atoms with van der Waals surface area (Å²) in [6.07, 6.45) is 0. The number of nitrogens with one attached hydrogen (secondary N) is 1. The fourth-order valence-corrected chi connectivity index (χ4v) is 3.17. The minimum absolute atomic E-state index is 0.193. The quantitative estimate of drug-likeness (QED) is 0.564. The van der Waals surface area contributed by atoms with Gasteiger partial charge < -0.3 is 9.88 Å². The second-order valence-electron chi connectivity index (χ2n) is 6.24. The number of hydrogen-bond acceptors (Lipinski definition) is 3. The van der Waals surface area contributed by atoms with E-state index in [0.29, 0.717) is 16.9 Å². The van der Waals surface area contributed by atoms with Crippen LogP contribution in [0.3, 0.4) is 0 Å². The molecule has 0 aliphatic rings. The first-order valence-electron chi connectivity index (χ1n) is 8.31. The lowest BCUT2D eigenvalue weighted by Gasteiger charge is -2.12. The van der Waals surface area contributed by atoms with E-state index in [-0.39, 0.29) is 11.5 Å². The molecule has 1 amide bonds. The highest BCUT2D eigenvalue weighted by molar-refractivity contribution is 5.97. The number of nitrogens with zero attached hydrogens (tertiary/aromatic N) is 2. The molecule has 4 rings (SSSR count). The molecule has 4 aromatic rings. The van der Waals surface area contributed by atoms with Crippen LogP contribution in [-0.4, -0.2) is 15.5 Å². The van der Waals surface area contributed by atoms with Crippen LogP contribution in [0.25, 0.3) is 33.1 Å². The Labute approximate surface area is 149 Å². The van der Waals surface area contributed by atoms with Crippen molar-refractivity contribution in [2.75, 3.05) is 5.32 Å². The summed E-state index contributed by atoms with van der Waals surface area (Å²) in [5, 5.41) is 4.89. The Kier molecular flexibility index (Phi) is 3.77. The number of carbonyl (C=O) groups excluding carboxylic acids is 1. The first-order valence-corrected chi connectivity index (χ1v) is 8.31. The van der Waals surface area contributed by atoms with Crippen molar-refractivity contribution in [2.45, 2.75) is 6.92 Å². The molecule has 5 heteroatoms. The van der Waals surface area contributed by atoms with Gasteiger partial charge in [0.1, 0.15) is 5.69 Å². The summed E-state index contributed by atoms with van der Waals surface area (Å²) >= 11 is 0. The summed E-state index contributed by atoms with van der Waals surface area (Å²) in [6.45, 7) is 1.44. The normalized spacial score (nSPS) is 11.0. The second kappa shape index (κ2) is 6.11. The molecule has 0 bridgehead atoms. The van der Waals surface area contributed by atoms with Gasteiger partial charge in [-0.3, -0.25) is 9.59 Å². The first kappa shape index (κ1) is 16.0. The fraction of sp³-hybridized carbons (Fsp3) is 0.0952. The van der Waals surface area contributed by atoms with Crippen molar-refractivity contribution in [1.29, 1.82) is 0 Å². The maximum atomic E-state index is 12.9. The number of anilines is 1. The molecule has 0 unspecified atom stereocenters. The Morgan fingerprint density at radius 2 is 1.65 bits per heavy atom. The highest BCUT2D eigenvalue weighted by Gasteiger charge is 2.15. The van der Waals surface area contributed by atoms with Gasteiger partial charge in [0.15, 0.2) is 0 Å². The summed E-state index contributed by atoms with van der Waals surface area (Å²) < 4.78 is 1.61. The Bertz CT molecular complexity index is 1230. The summed E-state index contributed by atoms with van der Waals surface area (Å²) in [6, 6.07) is 19.1. The highest BCUT2D eigenvalue weighted by atomic mass is 16.1. The van der Waals surface area contributed by atoms with Crippen LogP contribution in [0, 0.1) is 0 Å². The van der Waals surface area contributed by atoms with Gasteiger partial charge in [-0.15, -0.1) is 0 Å². The van der Waals surface area contributed by atoms with Gasteiger partial charge in [-0.05, 0) is 29.0 Å². The monoisotopic (exact) mass is 343 g/mol. The van der Waals surface area contributed by atoms with Gasteiger partial charge in [0.2, 0.25) is 5.91 Å². The third kappa shape index (κ3) is 2.63. The lowest BCUT2D eigenvalue weighted by atomic mass is 10.1. The number of carbonyl (C=O) groups is 1. The van der Waals surface area contributed by atoms with E-state index in [2.05, 4.69) is 10.3 Å². The number of aromatic nitrogens is 2. The number of benzene rings is 3. The van der Waals surface area contributed by atoms with Crippen LogP contribution in [0.5, 0.6) is 0 Å². The van der Waals surface area contributed by atoms with Gasteiger partial charge in [-0.1, -0.05) is 42.5 Å². The number of fused-ring (bicyclic) bond motifs is 2. The van der Waals surface area contributed by atoms with E-state index in [1.54, 1.807) is 23.7 Å². The zero-order valence-corrected chi connectivity index (χ0v) is 14.5. The Morgan fingerprint density at radius 3 is 2.38 bits per heavy atom. The molecule has 0 spiro atoms. The molecule has 128 valence electrons. The van der Waals surface area contributed by atoms with Crippen LogP contribution in [-0.2, 0) is 11.8 Å². The third-order valence-corrected chi connectivity index (χ3v) is 4.44. The summed E-state index contributed by atoms with van der Waals surface area (Å²) in [4.78, 5) is 29.1. The van der Waals surface area contributed by atoms with Gasteiger partial charge in [0, 0.05) is 19.5 Å². The molecule has 0 aliphatic heterocycles. The second-order valence-corrected chi connectivity index (χ2v) is 6.24. The van der Waals surface area contributed by atoms with Crippen molar-refractivity contribution in [3.05, 3.63) is 71.0 Å². The number of para-hydroxylation sites is 1. The Balaban J connectivity index is 2.03. The molecule has 0 fully saturated rings. The van der Waals surface area contributed by atoms with Crippen LogP contribution in [0.15, 0.2) is 65.5 Å². The molecule has 0 radical (unpaired) electrons. The van der Waals surface area contributed by atoms with E-state index in [9.17, 15) is 9.59 Å². The van der Waals surface area contributed by atoms with E-state index in [0.717, 1.165) is 21.8 Å². The molecular formula is C21H17N3O2. The van der Waals surface area contributed by atoms with E-state index >= 15 is 0 Å². The van der Waals surface area contributed by atoms with Crippen LogP contribution in [0.4, 0.5) is 5.69 Å². The summed E-state index contributed by atoms with van der Waals surface area (Å²) in [5.74, 6) is -0.193. The minimum atomic E-state index is -0.203. The predicted molar refractivity (Wildman–Crippen MR) is 104 cm³/mol. The van der Waals surface area contributed by atoms with E-state index < -0.39 is 0 Å². The van der Waals surface area contributed by atoms with Crippen molar-refractivity contribution in [3.8, 4) is 11.3 Å². The zero-order valence-electron chi connectivity index (χ0n) is 14.5. The number of aryl methyl sites for hydroxylation is 1. The number of rotatable bonds is 2. The molecule has 1 N–H and O–H groups in total. The van der Waals surface area contributed by atoms with Gasteiger partial charge in [0.25, 0.3) is 5.56 Å². The van der Waals surface area contributed by atoms with Crippen molar-refractivity contribution < 1.29 is 4.79 Å². The van der Waals surface area contributed by atoms with Gasteiger partial charge in [0.05, 0.1) is 16.7 Å². The van der Waals surface area contributed by atoms with Crippen molar-refractivity contribution in [1.82, 2.24) is 9.55 Å². The highest BCUT2D eigenvalue weighted by Crippen LogP contribution is 2.27. The van der Waals surface area contributed by atoms with Gasteiger partial charge in [-0.25, -0.2) is 4.98 Å². The van der Waals surface area contributed by atoms with Crippen LogP contribution in [0.1, 0.15) is 6.92 Å². The molecule has 0 atom stereocenters. The van der Waals surface area contributed by atoms with Gasteiger partial charge >= 0.3 is 0 Å². The standard InChI is InChI=1S/C21H17N3O2/c1-13(25)22-17-10-6-5-9-16(17)20-21(26)24(2)19-12-15-8-4-3-7-14(15)11-18(19)23-20/h3-12H,1-2H3,(H,22,25). The lowest BCUT2D eigenvalue weighted by Crippen LogP contribution is -2.21. The van der Waals surface area contributed by atoms with Crippen molar-refractivity contribution >= 4 is 33.4 Å². The van der Waals surface area contributed by atoms with Crippen molar-refractivity contribution in [2.24, 2.45) is 7.05 Å². The third-order valence-electron chi connectivity index (χ3n) is 4.44. The van der Waals surface area contributed by atoms with Crippen LogP contribution < -0.4 is 10.9 Å². The zero-order chi connectivity index (χ0) is 18.3. The molecule has 0 saturated heterocycles. The lowest BCUT2D eigenvalue weighted by molar-refractivity contribution is -0.114. The molecule has 0 aliphatic carbocycles. The Morgan fingerprint density at radius 1 is 1.00 bits per heavy atom. The maximum Gasteiger partial charge on any atom is 0.277 e.